The molecule has 4 saturated carbocycles. The van der Waals surface area contributed by atoms with Crippen LogP contribution < -0.4 is 10.2 Å². The number of nitrogens with one attached hydrogen (secondary N) is 1. The molecule has 1 amide bonds. The number of carbonyl (C=O) groups excluding carboxylic acids is 1. The summed E-state index contributed by atoms with van der Waals surface area (Å²) >= 11 is 0. The molecule has 5 heteroatoms. The molecular formula is C37H41N3O2. The second-order valence-electron chi connectivity index (χ2n) is 13.4. The molecule has 4 bridgehead atoms. The third-order valence-electron chi connectivity index (χ3n) is 10.3. The fourth-order valence-corrected chi connectivity index (χ4v) is 8.61. The smallest absolute Gasteiger partial charge is 0.251 e. The Hall–Kier alpha value is -3.75. The number of nitrogens with zero attached hydrogens (tertiary/aromatic N) is 2. The van der Waals surface area contributed by atoms with Crippen LogP contribution in [0.2, 0.25) is 0 Å². The standard InChI is InChI=1S/C37H41N3O2/c41-35-7-3-4-27(21-35)8-9-31-5-1-2-6-33(31)25-39-14-16-40(17-15-39)34-12-10-32(11-13-34)36(42)38-26-37-22-28-18-29(23-37)20-30(19-28)24-37/h1-7,10-13,21,28-30,41H,14-20,22-26H2,(H,38,42). The minimum absolute atomic E-state index is 0.0768. The van der Waals surface area contributed by atoms with Crippen molar-refractivity contribution in [3.05, 3.63) is 95.1 Å². The lowest BCUT2D eigenvalue weighted by atomic mass is 9.49. The molecule has 1 saturated heterocycles. The highest BCUT2D eigenvalue weighted by Gasteiger charge is 2.50. The molecule has 8 rings (SSSR count). The minimum atomic E-state index is 0.0768. The van der Waals surface area contributed by atoms with Crippen molar-refractivity contribution < 1.29 is 9.90 Å². The number of phenolic OH excluding ortho intramolecular Hbond substituents is 1. The molecule has 0 unspecified atom stereocenters. The van der Waals surface area contributed by atoms with Crippen molar-refractivity contribution >= 4 is 11.6 Å². The Morgan fingerprint density at radius 1 is 0.833 bits per heavy atom. The van der Waals surface area contributed by atoms with E-state index in [0.29, 0.717) is 5.41 Å². The van der Waals surface area contributed by atoms with E-state index in [-0.39, 0.29) is 11.7 Å². The Balaban J connectivity index is 0.917. The van der Waals surface area contributed by atoms with E-state index < -0.39 is 0 Å². The van der Waals surface area contributed by atoms with Crippen molar-refractivity contribution in [3.8, 4) is 17.6 Å². The van der Waals surface area contributed by atoms with Gasteiger partial charge in [0.2, 0.25) is 0 Å². The van der Waals surface area contributed by atoms with E-state index in [1.54, 1.807) is 12.1 Å². The number of hydrogen-bond acceptors (Lipinski definition) is 4. The molecule has 5 fully saturated rings. The lowest BCUT2D eigenvalue weighted by Crippen LogP contribution is -2.51. The molecule has 42 heavy (non-hydrogen) atoms. The Morgan fingerprint density at radius 2 is 1.52 bits per heavy atom. The van der Waals surface area contributed by atoms with Gasteiger partial charge in [0.05, 0.1) is 0 Å². The largest absolute Gasteiger partial charge is 0.508 e. The molecule has 3 aromatic carbocycles. The lowest BCUT2D eigenvalue weighted by Gasteiger charge is -2.56. The number of hydrogen-bond donors (Lipinski definition) is 2. The third-order valence-corrected chi connectivity index (χ3v) is 10.3. The van der Waals surface area contributed by atoms with Gasteiger partial charge in [-0.1, -0.05) is 36.1 Å². The average Bonchev–Trinajstić information content (AvgIpc) is 2.99. The normalized spacial score (nSPS) is 26.5. The molecule has 0 aromatic heterocycles. The zero-order chi connectivity index (χ0) is 28.5. The molecule has 5 nitrogen and oxygen atoms in total. The summed E-state index contributed by atoms with van der Waals surface area (Å²) in [5.41, 5.74) is 5.38. The molecule has 2 N–H and O–H groups in total. The Kier molecular flexibility index (Phi) is 7.42. The molecule has 0 spiro atoms. The van der Waals surface area contributed by atoms with E-state index in [4.69, 9.17) is 0 Å². The number of carbonyl (C=O) groups is 1. The third kappa shape index (κ3) is 5.92. The van der Waals surface area contributed by atoms with Gasteiger partial charge in [-0.05, 0) is 116 Å². The van der Waals surface area contributed by atoms with Gasteiger partial charge < -0.3 is 15.3 Å². The van der Waals surface area contributed by atoms with Crippen LogP contribution in [-0.4, -0.2) is 48.6 Å². The zero-order valence-electron chi connectivity index (χ0n) is 24.4. The summed E-state index contributed by atoms with van der Waals surface area (Å²) in [5.74, 6) is 9.54. The average molecular weight is 560 g/mol. The predicted molar refractivity (Wildman–Crippen MR) is 167 cm³/mol. The molecule has 0 atom stereocenters. The second-order valence-corrected chi connectivity index (χ2v) is 13.4. The van der Waals surface area contributed by atoms with Gasteiger partial charge in [0.1, 0.15) is 5.75 Å². The van der Waals surface area contributed by atoms with Crippen LogP contribution in [-0.2, 0) is 6.54 Å². The number of aromatic hydroxyl groups is 1. The van der Waals surface area contributed by atoms with Crippen LogP contribution in [0.4, 0.5) is 5.69 Å². The van der Waals surface area contributed by atoms with E-state index >= 15 is 0 Å². The zero-order valence-corrected chi connectivity index (χ0v) is 24.4. The maximum absolute atomic E-state index is 13.1. The lowest BCUT2D eigenvalue weighted by molar-refractivity contribution is -0.0503. The Labute approximate surface area is 249 Å². The number of amides is 1. The topological polar surface area (TPSA) is 55.8 Å². The first kappa shape index (κ1) is 27.1. The van der Waals surface area contributed by atoms with Crippen molar-refractivity contribution in [2.45, 2.75) is 45.1 Å². The summed E-state index contributed by atoms with van der Waals surface area (Å²) in [6, 6.07) is 23.6. The van der Waals surface area contributed by atoms with Gasteiger partial charge in [-0.2, -0.15) is 0 Å². The number of anilines is 1. The highest BCUT2D eigenvalue weighted by Crippen LogP contribution is 2.59. The van der Waals surface area contributed by atoms with Gasteiger partial charge in [-0.25, -0.2) is 0 Å². The molecule has 4 aliphatic carbocycles. The summed E-state index contributed by atoms with van der Waals surface area (Å²) in [7, 11) is 0. The summed E-state index contributed by atoms with van der Waals surface area (Å²) in [6.45, 7) is 5.57. The van der Waals surface area contributed by atoms with Crippen molar-refractivity contribution in [2.24, 2.45) is 23.2 Å². The van der Waals surface area contributed by atoms with Gasteiger partial charge in [0, 0.05) is 61.6 Å². The predicted octanol–water partition coefficient (Wildman–Crippen LogP) is 6.06. The highest BCUT2D eigenvalue weighted by atomic mass is 16.3. The van der Waals surface area contributed by atoms with Crippen molar-refractivity contribution in [2.75, 3.05) is 37.6 Å². The van der Waals surface area contributed by atoms with Crippen LogP contribution in [0.1, 0.15) is 65.6 Å². The molecule has 5 aliphatic rings. The van der Waals surface area contributed by atoms with Gasteiger partial charge in [0.25, 0.3) is 5.91 Å². The van der Waals surface area contributed by atoms with Crippen LogP contribution in [0, 0.1) is 35.0 Å². The molecule has 216 valence electrons. The molecular weight excluding hydrogens is 518 g/mol. The number of benzene rings is 3. The quantitative estimate of drug-likeness (QED) is 0.361. The van der Waals surface area contributed by atoms with E-state index in [1.165, 1.54) is 49.8 Å². The summed E-state index contributed by atoms with van der Waals surface area (Å²) in [5, 5.41) is 13.1. The van der Waals surface area contributed by atoms with Crippen LogP contribution >= 0.6 is 0 Å². The number of piperazine rings is 1. The monoisotopic (exact) mass is 559 g/mol. The summed E-state index contributed by atoms with van der Waals surface area (Å²) in [4.78, 5) is 18.0. The van der Waals surface area contributed by atoms with Gasteiger partial charge in [0.15, 0.2) is 0 Å². The van der Waals surface area contributed by atoms with Crippen molar-refractivity contribution in [3.63, 3.8) is 0 Å². The van der Waals surface area contributed by atoms with Crippen molar-refractivity contribution in [1.82, 2.24) is 10.2 Å². The van der Waals surface area contributed by atoms with E-state index in [2.05, 4.69) is 57.3 Å². The molecule has 0 radical (unpaired) electrons. The van der Waals surface area contributed by atoms with Gasteiger partial charge in [-0.15, -0.1) is 0 Å². The van der Waals surface area contributed by atoms with Gasteiger partial charge in [-0.3, -0.25) is 9.69 Å². The SMILES string of the molecule is O=C(NCC12CC3CC(CC(C3)C1)C2)c1ccc(N2CCN(Cc3ccccc3C#Cc3cccc(O)c3)CC2)cc1. The number of phenols is 1. The Morgan fingerprint density at radius 3 is 2.21 bits per heavy atom. The second kappa shape index (κ2) is 11.5. The van der Waals surface area contributed by atoms with E-state index in [9.17, 15) is 9.90 Å². The summed E-state index contributed by atoms with van der Waals surface area (Å²) < 4.78 is 0. The van der Waals surface area contributed by atoms with Crippen LogP contribution in [0.3, 0.4) is 0 Å². The van der Waals surface area contributed by atoms with Crippen LogP contribution in [0.5, 0.6) is 5.75 Å². The summed E-state index contributed by atoms with van der Waals surface area (Å²) in [6.07, 6.45) is 8.28. The fourth-order valence-electron chi connectivity index (χ4n) is 8.61. The van der Waals surface area contributed by atoms with E-state index in [0.717, 1.165) is 73.7 Å². The molecule has 1 heterocycles. The fraction of sp³-hybridized carbons (Fsp3) is 0.432. The highest BCUT2D eigenvalue weighted by molar-refractivity contribution is 5.94. The van der Waals surface area contributed by atoms with Gasteiger partial charge >= 0.3 is 0 Å². The Bertz CT molecular complexity index is 1460. The maximum Gasteiger partial charge on any atom is 0.251 e. The van der Waals surface area contributed by atoms with Crippen LogP contribution in [0.15, 0.2) is 72.8 Å². The molecule has 1 aliphatic heterocycles. The first-order chi connectivity index (χ1) is 20.5. The number of rotatable bonds is 6. The van der Waals surface area contributed by atoms with Crippen molar-refractivity contribution in [1.29, 1.82) is 0 Å². The first-order valence-electron chi connectivity index (χ1n) is 15.7. The van der Waals surface area contributed by atoms with Crippen LogP contribution in [0.25, 0.3) is 0 Å². The minimum Gasteiger partial charge on any atom is -0.508 e. The maximum atomic E-state index is 13.1. The first-order valence-corrected chi connectivity index (χ1v) is 15.7. The van der Waals surface area contributed by atoms with E-state index in [1.807, 2.05) is 30.3 Å². The molecule has 3 aromatic rings.